The van der Waals surface area contributed by atoms with Gasteiger partial charge in [-0.3, -0.25) is 4.79 Å². The summed E-state index contributed by atoms with van der Waals surface area (Å²) in [6.07, 6.45) is 11.9. The maximum absolute atomic E-state index is 11.1. The highest BCUT2D eigenvalue weighted by Crippen LogP contribution is 2.40. The average Bonchev–Trinajstić information content (AvgIpc) is 2.99. The molecule has 1 aliphatic carbocycles. The molecule has 2 N–H and O–H groups in total. The van der Waals surface area contributed by atoms with Crippen molar-refractivity contribution in [3.8, 4) is 0 Å². The van der Waals surface area contributed by atoms with Crippen LogP contribution in [0.2, 0.25) is 0 Å². The van der Waals surface area contributed by atoms with Gasteiger partial charge in [-0.2, -0.15) is 0 Å². The van der Waals surface area contributed by atoms with Crippen LogP contribution in [0.4, 0.5) is 0 Å². The number of aliphatic hydroxyl groups is 2. The number of unbranched alkanes of at least 4 members (excludes halogenated alkanes) is 3. The lowest BCUT2D eigenvalue weighted by molar-refractivity contribution is -0.218. The lowest BCUT2D eigenvalue weighted by atomic mass is 9.85. The molecule has 1 aliphatic rings. The molecule has 0 spiro atoms. The van der Waals surface area contributed by atoms with E-state index in [1.54, 1.807) is 14.2 Å². The third-order valence-corrected chi connectivity index (χ3v) is 6.34. The van der Waals surface area contributed by atoms with Gasteiger partial charge < -0.3 is 24.4 Å². The maximum Gasteiger partial charge on any atom is 0.305 e. The van der Waals surface area contributed by atoms with E-state index in [1.165, 1.54) is 7.11 Å². The Balaban J connectivity index is 2.57. The van der Waals surface area contributed by atoms with Crippen molar-refractivity contribution in [2.75, 3.05) is 21.3 Å². The molecule has 0 heterocycles. The molecule has 0 unspecified atom stereocenters. The molecule has 0 saturated heterocycles. The van der Waals surface area contributed by atoms with Gasteiger partial charge in [0.25, 0.3) is 0 Å². The summed E-state index contributed by atoms with van der Waals surface area (Å²) in [5, 5.41) is 20.9. The molecular formula is C23H42O6. The molecule has 1 fully saturated rings. The smallest absolute Gasteiger partial charge is 0.305 e. The van der Waals surface area contributed by atoms with Gasteiger partial charge in [-0.1, -0.05) is 31.9 Å². The highest BCUT2D eigenvalue weighted by Gasteiger charge is 2.42. The number of carbonyl (C=O) groups excluding carboxylic acids is 1. The second-order valence-electron chi connectivity index (χ2n) is 8.19. The molecule has 1 saturated carbocycles. The molecule has 0 aromatic heterocycles. The average molecular weight is 415 g/mol. The Morgan fingerprint density at radius 1 is 1.00 bits per heavy atom. The first-order valence-electron chi connectivity index (χ1n) is 11.1. The first-order valence-corrected chi connectivity index (χ1v) is 11.1. The summed E-state index contributed by atoms with van der Waals surface area (Å²) in [6.45, 7) is 2.17. The second-order valence-corrected chi connectivity index (χ2v) is 8.19. The molecule has 0 radical (unpaired) electrons. The maximum atomic E-state index is 11.1. The van der Waals surface area contributed by atoms with Gasteiger partial charge in [0.05, 0.1) is 19.3 Å². The molecule has 6 nitrogen and oxygen atoms in total. The van der Waals surface area contributed by atoms with Crippen molar-refractivity contribution >= 4 is 5.97 Å². The third-order valence-electron chi connectivity index (χ3n) is 6.34. The van der Waals surface area contributed by atoms with E-state index >= 15 is 0 Å². The summed E-state index contributed by atoms with van der Waals surface area (Å²) in [7, 11) is 4.77. The number of methoxy groups -OCH3 is 3. The fraction of sp³-hybridized carbons (Fsp3) is 0.870. The lowest BCUT2D eigenvalue weighted by Crippen LogP contribution is -2.35. The molecule has 29 heavy (non-hydrogen) atoms. The van der Waals surface area contributed by atoms with Gasteiger partial charge in [0, 0.05) is 33.5 Å². The summed E-state index contributed by atoms with van der Waals surface area (Å²) in [4.78, 5) is 11.1. The number of hydrogen-bond donors (Lipinski definition) is 2. The minimum absolute atomic E-state index is 0.0283. The second kappa shape index (κ2) is 14.1. The topological polar surface area (TPSA) is 85.2 Å². The third kappa shape index (κ3) is 8.75. The highest BCUT2D eigenvalue weighted by atomic mass is 16.7. The normalized spacial score (nSPS) is 25.0. The molecule has 4 atom stereocenters. The fourth-order valence-electron chi connectivity index (χ4n) is 4.39. The molecule has 0 bridgehead atoms. The number of ether oxygens (including phenoxy) is 3. The van der Waals surface area contributed by atoms with Gasteiger partial charge in [0.1, 0.15) is 0 Å². The van der Waals surface area contributed by atoms with Crippen LogP contribution in [0.5, 0.6) is 0 Å². The predicted octanol–water partition coefficient (Wildman–Crippen LogP) is 3.98. The first kappa shape index (κ1) is 26.1. The quantitative estimate of drug-likeness (QED) is 0.182. The zero-order valence-electron chi connectivity index (χ0n) is 18.8. The molecular weight excluding hydrogens is 372 g/mol. The number of carbonyl (C=O) groups is 1. The van der Waals surface area contributed by atoms with Gasteiger partial charge in [-0.15, -0.1) is 0 Å². The van der Waals surface area contributed by atoms with Crippen molar-refractivity contribution in [2.45, 2.75) is 95.5 Å². The summed E-state index contributed by atoms with van der Waals surface area (Å²) >= 11 is 0. The Hall–Kier alpha value is -0.950. The summed E-state index contributed by atoms with van der Waals surface area (Å²) in [5.74, 6) is -0.743. The van der Waals surface area contributed by atoms with E-state index in [1.807, 2.05) is 0 Å². The number of allylic oxidation sites excluding steroid dienone is 2. The van der Waals surface area contributed by atoms with Gasteiger partial charge in [-0.05, 0) is 50.4 Å². The van der Waals surface area contributed by atoms with Crippen molar-refractivity contribution in [1.29, 1.82) is 0 Å². The zero-order chi connectivity index (χ0) is 21.7. The van der Waals surface area contributed by atoms with Crippen molar-refractivity contribution < 1.29 is 29.2 Å². The zero-order valence-corrected chi connectivity index (χ0v) is 18.8. The molecule has 170 valence electrons. The van der Waals surface area contributed by atoms with E-state index in [2.05, 4.69) is 23.8 Å². The van der Waals surface area contributed by atoms with Gasteiger partial charge in [0.2, 0.25) is 0 Å². The Labute approximate surface area is 176 Å². The number of hydrogen-bond acceptors (Lipinski definition) is 6. The van der Waals surface area contributed by atoms with Crippen LogP contribution < -0.4 is 0 Å². The highest BCUT2D eigenvalue weighted by molar-refractivity contribution is 5.69. The first-order chi connectivity index (χ1) is 13.9. The largest absolute Gasteiger partial charge is 0.469 e. The fourth-order valence-corrected chi connectivity index (χ4v) is 4.39. The Kier molecular flexibility index (Phi) is 12.7. The molecule has 0 aliphatic heterocycles. The van der Waals surface area contributed by atoms with E-state index < -0.39 is 18.0 Å². The van der Waals surface area contributed by atoms with Gasteiger partial charge >= 0.3 is 5.97 Å². The molecule has 1 rings (SSSR count). The van der Waals surface area contributed by atoms with Crippen LogP contribution in [-0.4, -0.2) is 55.5 Å². The lowest BCUT2D eigenvalue weighted by Gasteiger charge is -2.33. The van der Waals surface area contributed by atoms with E-state index in [0.717, 1.165) is 51.4 Å². The van der Waals surface area contributed by atoms with Crippen molar-refractivity contribution in [3.63, 3.8) is 0 Å². The molecule has 6 heteroatoms. The van der Waals surface area contributed by atoms with Crippen LogP contribution in [0.1, 0.15) is 77.6 Å². The van der Waals surface area contributed by atoms with Crippen molar-refractivity contribution in [1.82, 2.24) is 0 Å². The minimum Gasteiger partial charge on any atom is -0.469 e. The number of rotatable bonds is 15. The van der Waals surface area contributed by atoms with E-state index in [0.29, 0.717) is 19.3 Å². The van der Waals surface area contributed by atoms with Crippen LogP contribution >= 0.6 is 0 Å². The predicted molar refractivity (Wildman–Crippen MR) is 113 cm³/mol. The minimum atomic E-state index is -0.614. The van der Waals surface area contributed by atoms with Crippen molar-refractivity contribution in [3.05, 3.63) is 12.2 Å². The Morgan fingerprint density at radius 3 is 2.31 bits per heavy atom. The van der Waals surface area contributed by atoms with Crippen molar-refractivity contribution in [2.24, 2.45) is 11.8 Å². The van der Waals surface area contributed by atoms with E-state index in [-0.39, 0.29) is 17.8 Å². The van der Waals surface area contributed by atoms with Gasteiger partial charge in [0.15, 0.2) is 5.79 Å². The molecule has 0 amide bonds. The number of aliphatic hydroxyl groups excluding tert-OH is 2. The SMILES string of the molecule is CCCCCC(CC[C@@H]1[C@@H](C/C=C\CCCC(=O)OC)[C@@H](O)C[C@H]1O)(OC)OC. The summed E-state index contributed by atoms with van der Waals surface area (Å²) < 4.78 is 16.1. The Bertz CT molecular complexity index is 474. The molecule has 0 aromatic carbocycles. The Morgan fingerprint density at radius 2 is 1.69 bits per heavy atom. The molecule has 0 aromatic rings. The van der Waals surface area contributed by atoms with Crippen LogP contribution in [0.15, 0.2) is 12.2 Å². The van der Waals surface area contributed by atoms with Crippen LogP contribution in [0.3, 0.4) is 0 Å². The van der Waals surface area contributed by atoms with Crippen LogP contribution in [0.25, 0.3) is 0 Å². The van der Waals surface area contributed by atoms with E-state index in [4.69, 9.17) is 9.47 Å². The summed E-state index contributed by atoms with van der Waals surface area (Å²) in [5.41, 5.74) is 0. The van der Waals surface area contributed by atoms with Crippen LogP contribution in [0, 0.1) is 11.8 Å². The monoisotopic (exact) mass is 414 g/mol. The van der Waals surface area contributed by atoms with Gasteiger partial charge in [-0.25, -0.2) is 0 Å². The van der Waals surface area contributed by atoms with Crippen LogP contribution in [-0.2, 0) is 19.0 Å². The number of esters is 1. The summed E-state index contributed by atoms with van der Waals surface area (Å²) in [6, 6.07) is 0. The standard InChI is InChI=1S/C23H42O6/c1-5-6-11-15-23(28-3,29-4)16-14-19-18(20(24)17-21(19)25)12-9-7-8-10-13-22(26)27-2/h7,9,18-21,24-25H,5-6,8,10-17H2,1-4H3/b9-7-/t18-,19-,20+,21-/m1/s1. The van der Waals surface area contributed by atoms with E-state index in [9.17, 15) is 15.0 Å².